The highest BCUT2D eigenvalue weighted by atomic mass is 19.1. The second-order valence-corrected chi connectivity index (χ2v) is 5.28. The molecule has 0 saturated carbocycles. The van der Waals surface area contributed by atoms with E-state index in [4.69, 9.17) is 5.73 Å². The molecule has 0 amide bonds. The van der Waals surface area contributed by atoms with Gasteiger partial charge in [0.15, 0.2) is 0 Å². The maximum absolute atomic E-state index is 13.3. The maximum Gasteiger partial charge on any atom is 0.125 e. The molecule has 2 N–H and O–H groups in total. The molecule has 0 aliphatic rings. The number of halogens is 1. The van der Waals surface area contributed by atoms with Crippen molar-refractivity contribution in [2.45, 2.75) is 32.7 Å². The van der Waals surface area contributed by atoms with Gasteiger partial charge in [-0.1, -0.05) is 32.1 Å². The van der Waals surface area contributed by atoms with Crippen molar-refractivity contribution in [3.63, 3.8) is 0 Å². The minimum atomic E-state index is -0.310. The number of aromatic nitrogens is 3. The molecule has 0 spiro atoms. The number of rotatable bonds is 2. The van der Waals surface area contributed by atoms with E-state index in [-0.39, 0.29) is 11.2 Å². The Hall–Kier alpha value is -1.75. The first-order chi connectivity index (χ1) is 8.41. The molecule has 0 fully saturated rings. The van der Waals surface area contributed by atoms with Crippen LogP contribution >= 0.6 is 0 Å². The van der Waals surface area contributed by atoms with Gasteiger partial charge in [-0.2, -0.15) is 0 Å². The predicted molar refractivity (Wildman–Crippen MR) is 67.9 cm³/mol. The largest absolute Gasteiger partial charge is 0.326 e. The van der Waals surface area contributed by atoms with Gasteiger partial charge in [0.25, 0.3) is 0 Å². The summed E-state index contributed by atoms with van der Waals surface area (Å²) in [4.78, 5) is 0. The summed E-state index contributed by atoms with van der Waals surface area (Å²) in [5, 5.41) is 8.17. The third kappa shape index (κ3) is 2.41. The van der Waals surface area contributed by atoms with Crippen LogP contribution in [0.5, 0.6) is 0 Å². The summed E-state index contributed by atoms with van der Waals surface area (Å²) >= 11 is 0. The number of benzene rings is 1. The van der Waals surface area contributed by atoms with Gasteiger partial charge >= 0.3 is 0 Å². The molecule has 2 rings (SSSR count). The average Bonchev–Trinajstić information content (AvgIpc) is 2.77. The fourth-order valence-electron chi connectivity index (χ4n) is 1.65. The topological polar surface area (TPSA) is 56.7 Å². The highest BCUT2D eigenvalue weighted by molar-refractivity contribution is 5.40. The van der Waals surface area contributed by atoms with E-state index in [1.54, 1.807) is 10.7 Å². The van der Waals surface area contributed by atoms with Gasteiger partial charge in [0.1, 0.15) is 5.82 Å². The third-order valence-electron chi connectivity index (χ3n) is 2.78. The standard InChI is InChI=1S/C13H17FN4/c1-13(2,3)12-8-18(17-16-12)11-6-10(14)5-4-9(11)7-15/h4-6,8H,7,15H2,1-3H3. The number of hydrogen-bond donors (Lipinski definition) is 1. The second-order valence-electron chi connectivity index (χ2n) is 5.28. The Kier molecular flexibility index (Phi) is 3.17. The fourth-order valence-corrected chi connectivity index (χ4v) is 1.65. The van der Waals surface area contributed by atoms with Crippen LogP contribution in [0.2, 0.25) is 0 Å². The van der Waals surface area contributed by atoms with Crippen LogP contribution in [0.4, 0.5) is 4.39 Å². The Labute approximate surface area is 106 Å². The quantitative estimate of drug-likeness (QED) is 0.886. The first-order valence-corrected chi connectivity index (χ1v) is 5.83. The first kappa shape index (κ1) is 12.7. The summed E-state index contributed by atoms with van der Waals surface area (Å²) in [6, 6.07) is 4.49. The van der Waals surface area contributed by atoms with Crippen LogP contribution < -0.4 is 5.73 Å². The van der Waals surface area contributed by atoms with Gasteiger partial charge in [0.05, 0.1) is 17.6 Å². The zero-order valence-electron chi connectivity index (χ0n) is 10.8. The molecule has 1 aromatic carbocycles. The van der Waals surface area contributed by atoms with E-state index < -0.39 is 0 Å². The molecule has 96 valence electrons. The van der Waals surface area contributed by atoms with Crippen molar-refractivity contribution in [1.29, 1.82) is 0 Å². The van der Waals surface area contributed by atoms with Crippen molar-refractivity contribution in [3.8, 4) is 5.69 Å². The van der Waals surface area contributed by atoms with Crippen LogP contribution in [0.3, 0.4) is 0 Å². The van der Waals surface area contributed by atoms with E-state index in [2.05, 4.69) is 31.1 Å². The van der Waals surface area contributed by atoms with Crippen LogP contribution in [0.1, 0.15) is 32.0 Å². The number of hydrogen-bond acceptors (Lipinski definition) is 3. The third-order valence-corrected chi connectivity index (χ3v) is 2.78. The lowest BCUT2D eigenvalue weighted by Crippen LogP contribution is -2.11. The Morgan fingerprint density at radius 2 is 2.06 bits per heavy atom. The van der Waals surface area contributed by atoms with Crippen molar-refractivity contribution in [3.05, 3.63) is 41.5 Å². The lowest BCUT2D eigenvalue weighted by atomic mass is 9.93. The molecule has 0 bridgehead atoms. The fraction of sp³-hybridized carbons (Fsp3) is 0.385. The molecular weight excluding hydrogens is 231 g/mol. The molecule has 0 atom stereocenters. The number of nitrogens with two attached hydrogens (primary N) is 1. The summed E-state index contributed by atoms with van der Waals surface area (Å²) in [5.41, 5.74) is 7.89. The van der Waals surface area contributed by atoms with Gasteiger partial charge in [-0.15, -0.1) is 5.10 Å². The second kappa shape index (κ2) is 4.49. The van der Waals surface area contributed by atoms with Crippen molar-refractivity contribution in [1.82, 2.24) is 15.0 Å². The molecule has 4 nitrogen and oxygen atoms in total. The monoisotopic (exact) mass is 248 g/mol. The van der Waals surface area contributed by atoms with Crippen molar-refractivity contribution in [2.75, 3.05) is 0 Å². The summed E-state index contributed by atoms with van der Waals surface area (Å²) in [6.07, 6.45) is 1.81. The molecule has 0 saturated heterocycles. The predicted octanol–water partition coefficient (Wildman–Crippen LogP) is 2.16. The molecule has 0 unspecified atom stereocenters. The average molecular weight is 248 g/mol. The van der Waals surface area contributed by atoms with Crippen LogP contribution in [0.15, 0.2) is 24.4 Å². The lowest BCUT2D eigenvalue weighted by molar-refractivity contribution is 0.566. The van der Waals surface area contributed by atoms with Gasteiger partial charge in [-0.25, -0.2) is 9.07 Å². The molecule has 5 heteroatoms. The molecule has 0 aliphatic heterocycles. The summed E-state index contributed by atoms with van der Waals surface area (Å²) in [7, 11) is 0. The maximum atomic E-state index is 13.3. The van der Waals surface area contributed by atoms with E-state index in [1.807, 2.05) is 6.20 Å². The molecular formula is C13H17FN4. The Morgan fingerprint density at radius 3 is 2.61 bits per heavy atom. The summed E-state index contributed by atoms with van der Waals surface area (Å²) in [6.45, 7) is 6.49. The highest BCUT2D eigenvalue weighted by Crippen LogP contribution is 2.21. The van der Waals surface area contributed by atoms with Crippen molar-refractivity contribution >= 4 is 0 Å². The SMILES string of the molecule is CC(C)(C)c1cn(-c2cc(F)ccc2CN)nn1. The summed E-state index contributed by atoms with van der Waals surface area (Å²) in [5.74, 6) is -0.310. The smallest absolute Gasteiger partial charge is 0.125 e. The molecule has 2 aromatic rings. The van der Waals surface area contributed by atoms with E-state index in [9.17, 15) is 4.39 Å². The van der Waals surface area contributed by atoms with E-state index in [0.717, 1.165) is 11.3 Å². The van der Waals surface area contributed by atoms with Gasteiger partial charge in [-0.05, 0) is 17.7 Å². The van der Waals surface area contributed by atoms with Gasteiger partial charge < -0.3 is 5.73 Å². The minimum absolute atomic E-state index is 0.0888. The van der Waals surface area contributed by atoms with Gasteiger partial charge in [0, 0.05) is 12.0 Å². The normalized spacial score (nSPS) is 11.8. The van der Waals surface area contributed by atoms with E-state index in [1.165, 1.54) is 12.1 Å². The van der Waals surface area contributed by atoms with Gasteiger partial charge in [-0.3, -0.25) is 0 Å². The van der Waals surface area contributed by atoms with Crippen LogP contribution in [0, 0.1) is 5.82 Å². The molecule has 18 heavy (non-hydrogen) atoms. The van der Waals surface area contributed by atoms with Crippen LogP contribution in [-0.2, 0) is 12.0 Å². The molecule has 1 aromatic heterocycles. The first-order valence-electron chi connectivity index (χ1n) is 5.83. The van der Waals surface area contributed by atoms with Crippen molar-refractivity contribution < 1.29 is 4.39 Å². The highest BCUT2D eigenvalue weighted by Gasteiger charge is 2.18. The van der Waals surface area contributed by atoms with Crippen LogP contribution in [-0.4, -0.2) is 15.0 Å². The van der Waals surface area contributed by atoms with E-state index >= 15 is 0 Å². The Balaban J connectivity index is 2.49. The lowest BCUT2D eigenvalue weighted by Gasteiger charge is -2.13. The van der Waals surface area contributed by atoms with E-state index in [0.29, 0.717) is 12.2 Å². The summed E-state index contributed by atoms with van der Waals surface area (Å²) < 4.78 is 14.9. The molecule has 0 aliphatic carbocycles. The van der Waals surface area contributed by atoms with Gasteiger partial charge in [0.2, 0.25) is 0 Å². The Bertz CT molecular complexity index is 554. The zero-order valence-corrected chi connectivity index (χ0v) is 10.8. The van der Waals surface area contributed by atoms with Crippen molar-refractivity contribution in [2.24, 2.45) is 5.73 Å². The minimum Gasteiger partial charge on any atom is -0.326 e. The molecule has 0 radical (unpaired) electrons. The van der Waals surface area contributed by atoms with Crippen LogP contribution in [0.25, 0.3) is 5.69 Å². The Morgan fingerprint density at radius 1 is 1.33 bits per heavy atom. The zero-order chi connectivity index (χ0) is 13.3. The number of nitrogens with zero attached hydrogens (tertiary/aromatic N) is 3. The molecule has 1 heterocycles.